The van der Waals surface area contributed by atoms with Gasteiger partial charge in [0.05, 0.1) is 5.56 Å². The van der Waals surface area contributed by atoms with Crippen molar-refractivity contribution in [3.8, 4) is 5.75 Å². The van der Waals surface area contributed by atoms with Gasteiger partial charge in [0, 0.05) is 18.5 Å². The summed E-state index contributed by atoms with van der Waals surface area (Å²) in [6.45, 7) is 4.19. The molecule has 0 saturated carbocycles. The van der Waals surface area contributed by atoms with Gasteiger partial charge in [-0.2, -0.15) is 4.39 Å². The largest absolute Gasteiger partial charge is 0.486 e. The number of esters is 1. The lowest BCUT2D eigenvalue weighted by Gasteiger charge is -2.31. The highest BCUT2D eigenvalue weighted by molar-refractivity contribution is 5.89. The van der Waals surface area contributed by atoms with Crippen LogP contribution < -0.4 is 10.1 Å². The minimum Gasteiger partial charge on any atom is -0.486 e. The third-order valence-electron chi connectivity index (χ3n) is 7.13. The molecule has 0 aliphatic heterocycles. The van der Waals surface area contributed by atoms with Crippen LogP contribution in [0.3, 0.4) is 0 Å². The van der Waals surface area contributed by atoms with Gasteiger partial charge in [0.1, 0.15) is 12.7 Å². The molecule has 0 heterocycles. The number of aryl methyl sites for hydroxylation is 1. The second kappa shape index (κ2) is 13.0. The van der Waals surface area contributed by atoms with E-state index in [0.29, 0.717) is 17.0 Å². The fourth-order valence-electron chi connectivity index (χ4n) is 5.21. The molecule has 1 atom stereocenters. The van der Waals surface area contributed by atoms with Crippen molar-refractivity contribution >= 4 is 11.9 Å². The molecule has 8 heteroatoms. The SMILES string of the molecule is CC(C)(CC1Cc2ccccc2C1)NC[C@H](COc1cc(CCC(=O)O)cc(F)c1F)OC(=O)c1ccccc1. The third kappa shape index (κ3) is 8.11. The number of halogens is 2. The molecular formula is C32H35F2NO5. The van der Waals surface area contributed by atoms with E-state index in [0.717, 1.165) is 25.3 Å². The van der Waals surface area contributed by atoms with Crippen LogP contribution in [0.2, 0.25) is 0 Å². The van der Waals surface area contributed by atoms with Crippen LogP contribution in [-0.4, -0.2) is 41.8 Å². The molecule has 0 unspecified atom stereocenters. The summed E-state index contributed by atoms with van der Waals surface area (Å²) in [6, 6.07) is 19.2. The van der Waals surface area contributed by atoms with E-state index in [1.54, 1.807) is 30.3 Å². The molecule has 0 aromatic heterocycles. The van der Waals surface area contributed by atoms with E-state index in [2.05, 4.69) is 43.4 Å². The Kier molecular flexibility index (Phi) is 9.53. The van der Waals surface area contributed by atoms with Crippen molar-refractivity contribution in [1.82, 2.24) is 5.32 Å². The summed E-state index contributed by atoms with van der Waals surface area (Å²) in [5.74, 6) is -3.79. The number of carboxylic acid groups (broad SMARTS) is 1. The summed E-state index contributed by atoms with van der Waals surface area (Å²) < 4.78 is 40.1. The van der Waals surface area contributed by atoms with Gasteiger partial charge in [-0.15, -0.1) is 0 Å². The molecule has 0 spiro atoms. The van der Waals surface area contributed by atoms with Crippen molar-refractivity contribution in [2.24, 2.45) is 5.92 Å². The van der Waals surface area contributed by atoms with Gasteiger partial charge >= 0.3 is 11.9 Å². The zero-order valence-electron chi connectivity index (χ0n) is 22.8. The highest BCUT2D eigenvalue weighted by Crippen LogP contribution is 2.32. The molecule has 0 saturated heterocycles. The average Bonchev–Trinajstić information content (AvgIpc) is 3.33. The van der Waals surface area contributed by atoms with Crippen LogP contribution in [-0.2, 0) is 28.8 Å². The highest BCUT2D eigenvalue weighted by atomic mass is 19.2. The maximum atomic E-state index is 14.5. The van der Waals surface area contributed by atoms with Gasteiger partial charge in [-0.05, 0) is 86.4 Å². The van der Waals surface area contributed by atoms with E-state index in [9.17, 15) is 18.4 Å². The van der Waals surface area contributed by atoms with Crippen molar-refractivity contribution in [1.29, 1.82) is 0 Å². The zero-order valence-corrected chi connectivity index (χ0v) is 22.8. The number of rotatable bonds is 13. The molecule has 4 rings (SSSR count). The Morgan fingerprint density at radius 1 is 1.02 bits per heavy atom. The van der Waals surface area contributed by atoms with Crippen LogP contribution in [0.15, 0.2) is 66.7 Å². The van der Waals surface area contributed by atoms with Gasteiger partial charge in [0.2, 0.25) is 5.82 Å². The summed E-state index contributed by atoms with van der Waals surface area (Å²) in [5, 5.41) is 12.4. The van der Waals surface area contributed by atoms with E-state index >= 15 is 0 Å². The number of aliphatic carboxylic acids is 1. The molecule has 3 aromatic rings. The molecule has 3 aromatic carbocycles. The molecule has 0 bridgehead atoms. The van der Waals surface area contributed by atoms with Crippen LogP contribution in [0.1, 0.15) is 53.7 Å². The van der Waals surface area contributed by atoms with Gasteiger partial charge in [-0.1, -0.05) is 42.5 Å². The molecule has 6 nitrogen and oxygen atoms in total. The Morgan fingerprint density at radius 3 is 2.33 bits per heavy atom. The molecule has 2 N–H and O–H groups in total. The molecule has 1 aliphatic carbocycles. The normalized spacial score (nSPS) is 14.0. The first kappa shape index (κ1) is 29.2. The number of carboxylic acids is 1. The minimum atomic E-state index is -1.18. The molecule has 0 radical (unpaired) electrons. The monoisotopic (exact) mass is 551 g/mol. The van der Waals surface area contributed by atoms with Crippen molar-refractivity contribution in [2.75, 3.05) is 13.2 Å². The van der Waals surface area contributed by atoms with Gasteiger partial charge < -0.3 is 19.9 Å². The number of hydrogen-bond donors (Lipinski definition) is 2. The Balaban J connectivity index is 1.42. The second-order valence-corrected chi connectivity index (χ2v) is 11.0. The topological polar surface area (TPSA) is 84.9 Å². The number of benzene rings is 3. The van der Waals surface area contributed by atoms with Crippen LogP contribution in [0.5, 0.6) is 5.75 Å². The number of ether oxygens (including phenoxy) is 2. The van der Waals surface area contributed by atoms with Crippen LogP contribution in [0.4, 0.5) is 8.78 Å². The maximum Gasteiger partial charge on any atom is 0.338 e. The molecular weight excluding hydrogens is 516 g/mol. The van der Waals surface area contributed by atoms with Crippen molar-refractivity contribution in [3.05, 3.63) is 101 Å². The zero-order chi connectivity index (χ0) is 28.7. The summed E-state index contributed by atoms with van der Waals surface area (Å²) >= 11 is 0. The second-order valence-electron chi connectivity index (χ2n) is 11.0. The van der Waals surface area contributed by atoms with Crippen LogP contribution in [0.25, 0.3) is 0 Å². The first-order valence-corrected chi connectivity index (χ1v) is 13.5. The highest BCUT2D eigenvalue weighted by Gasteiger charge is 2.29. The van der Waals surface area contributed by atoms with E-state index < -0.39 is 29.7 Å². The van der Waals surface area contributed by atoms with Crippen LogP contribution >= 0.6 is 0 Å². The van der Waals surface area contributed by atoms with E-state index in [1.165, 1.54) is 17.2 Å². The predicted molar refractivity (Wildman–Crippen MR) is 147 cm³/mol. The quantitative estimate of drug-likeness (QED) is 0.263. The van der Waals surface area contributed by atoms with E-state index in [1.807, 2.05) is 0 Å². The fraction of sp³-hybridized carbons (Fsp3) is 0.375. The summed E-state index contributed by atoms with van der Waals surface area (Å²) in [6.07, 6.45) is 1.91. The predicted octanol–water partition coefficient (Wildman–Crippen LogP) is 5.76. The Bertz CT molecular complexity index is 1300. The van der Waals surface area contributed by atoms with Crippen LogP contribution in [0, 0.1) is 17.6 Å². The van der Waals surface area contributed by atoms with Crippen molar-refractivity contribution in [2.45, 2.75) is 57.6 Å². The summed E-state index contributed by atoms with van der Waals surface area (Å²) in [5.41, 5.74) is 3.13. The standard InChI is InChI=1S/C32H35F2NO5/c1-32(2,18-22-14-24-10-6-7-11-25(24)15-22)35-19-26(40-31(38)23-8-4-3-5-9-23)20-39-28-17-21(12-13-29(36)37)16-27(33)30(28)34/h3-11,16-17,22,26,35H,12-15,18-20H2,1-2H3,(H,36,37)/t26-/m1/s1. The van der Waals surface area contributed by atoms with E-state index in [4.69, 9.17) is 14.6 Å². The fourth-order valence-corrected chi connectivity index (χ4v) is 5.21. The summed E-state index contributed by atoms with van der Waals surface area (Å²) in [7, 11) is 0. The average molecular weight is 552 g/mol. The van der Waals surface area contributed by atoms with Gasteiger partial charge in [0.25, 0.3) is 0 Å². The number of fused-ring (bicyclic) bond motifs is 1. The molecule has 40 heavy (non-hydrogen) atoms. The van der Waals surface area contributed by atoms with Crippen molar-refractivity contribution < 1.29 is 33.0 Å². The Labute approximate surface area is 233 Å². The molecule has 0 fully saturated rings. The number of hydrogen-bond acceptors (Lipinski definition) is 5. The minimum absolute atomic E-state index is 0.0239. The Hall–Kier alpha value is -3.78. The molecule has 0 amide bonds. The summed E-state index contributed by atoms with van der Waals surface area (Å²) in [4.78, 5) is 23.7. The first-order chi connectivity index (χ1) is 19.1. The lowest BCUT2D eigenvalue weighted by molar-refractivity contribution is -0.136. The van der Waals surface area contributed by atoms with Crippen molar-refractivity contribution in [3.63, 3.8) is 0 Å². The first-order valence-electron chi connectivity index (χ1n) is 13.5. The van der Waals surface area contributed by atoms with Gasteiger partial charge in [0.15, 0.2) is 11.6 Å². The van der Waals surface area contributed by atoms with E-state index in [-0.39, 0.29) is 37.3 Å². The maximum absolute atomic E-state index is 14.5. The lowest BCUT2D eigenvalue weighted by atomic mass is 9.88. The lowest BCUT2D eigenvalue weighted by Crippen LogP contribution is -2.47. The smallest absolute Gasteiger partial charge is 0.338 e. The van der Waals surface area contributed by atoms with Gasteiger partial charge in [-0.3, -0.25) is 4.79 Å². The Morgan fingerprint density at radius 2 is 1.68 bits per heavy atom. The number of carbonyl (C=O) groups is 2. The molecule has 1 aliphatic rings. The third-order valence-corrected chi connectivity index (χ3v) is 7.13. The number of nitrogens with one attached hydrogen (secondary N) is 1. The number of carbonyl (C=O) groups excluding carboxylic acids is 1. The molecule has 212 valence electrons. The van der Waals surface area contributed by atoms with Gasteiger partial charge in [-0.25, -0.2) is 9.18 Å².